The Kier molecular flexibility index (Phi) is 35.2. The van der Waals surface area contributed by atoms with Gasteiger partial charge in [-0.3, -0.25) is 24.1 Å². The van der Waals surface area contributed by atoms with Crippen LogP contribution < -0.4 is 21.3 Å². The molecule has 11 aromatic carbocycles. The van der Waals surface area contributed by atoms with Gasteiger partial charge >= 0.3 is 0 Å². The number of carbonyl (C=O) groups excluding carboxylic acids is 4. The van der Waals surface area contributed by atoms with Crippen LogP contribution in [0.25, 0.3) is 74.3 Å². The number of amides is 4. The molecule has 768 valence electrons. The van der Waals surface area contributed by atoms with Crippen LogP contribution in [0.2, 0.25) is 5.02 Å². The number of anilines is 2. The number of piperidine rings is 3. The Morgan fingerprint density at radius 2 is 0.738 bits per heavy atom. The van der Waals surface area contributed by atoms with Gasteiger partial charge in [0.05, 0.1) is 67.9 Å². The SMILES string of the molecule is CCCCC(CC)CNC(=O)c1cn(CCCN2CCC(c3nc4ccccc4s3)CC2)c2ccccc12.O=C(NCc1ccccc1Cl)c1cn(CCCN2CCC(c3nc4ccccc4s3)CC2)c2ccccc12.O=C(Nc1ccccc1)c1cn(CCCC2CCC(c3nc4ccccc4s3)CC2)c2ccccc12.O=C(Nc1ccccc1)c1cn(CCCN2C3CCC2CC(CCc2ccccc2)C3)c2ccccc12. The standard InChI is InChI=1S/C33H37N3O.C32H42N4OS.C31H31ClN4OS.C31H31N3OS/c37-33(34-27-12-5-2-6-13-27)31-24-35(32-15-8-7-14-30(31)32)20-9-21-36-28-18-19-29(36)23-26(22-28)17-16-25-10-3-1-4-11-25;1-3-5-11-24(4-2)22-33-31(37)27-23-36(29-14-8-6-12-26(27)29)19-10-18-35-20-16-25(17-21-35)32-34-28-13-7-9-15-30(28)38-32;32-26-10-3-1-8-23(26)20-33-30(37)25-21-36(28-12-5-2-9-24(25)28)17-7-16-35-18-14-22(15-19-35)31-34-27-11-4-6-13-29(27)38-31;35-30(32-24-10-2-1-3-11-24)26-21-34(28-14-6-4-12-25(26)28)20-8-9-22-16-18-23(19-17-22)31-33-27-13-5-7-15-29(27)36-31/h1-8,10-15,24,26,28-29H,9,16-23H2,(H,34,37);6-9,12-15,23-25H,3-5,10-11,16-22H2,1-2H3,(H,33,37);1-6,8-13,21-22H,7,14-20H2,(H,33,37);1-7,10-15,21-23H,8-9,16-20H2,(H,32,35). The molecular weight excluding hydrogens is 1920 g/mol. The summed E-state index contributed by atoms with van der Waals surface area (Å²) in [6, 6.07) is 97.9. The first-order valence-corrected chi connectivity index (χ1v) is 57.8. The average molecular weight is 2060 g/mol. The number of unbranched alkanes of at least 4 members (excludes halogenated alkanes) is 1. The largest absolute Gasteiger partial charge is 0.352 e. The summed E-state index contributed by atoms with van der Waals surface area (Å²) in [7, 11) is 0. The molecule has 149 heavy (non-hydrogen) atoms. The molecule has 0 radical (unpaired) electrons. The number of rotatable bonds is 36. The molecule has 22 heteroatoms. The Labute approximate surface area is 894 Å². The minimum Gasteiger partial charge on any atom is -0.352 e. The topological polar surface area (TPSA) is 185 Å². The van der Waals surface area contributed by atoms with E-state index in [1.807, 2.05) is 174 Å². The van der Waals surface area contributed by atoms with Crippen molar-refractivity contribution in [1.82, 2.24) is 58.6 Å². The van der Waals surface area contributed by atoms with E-state index in [9.17, 15) is 19.2 Å². The first-order valence-electron chi connectivity index (χ1n) is 55.0. The summed E-state index contributed by atoms with van der Waals surface area (Å²) in [5.74, 6) is 3.90. The maximum Gasteiger partial charge on any atom is 0.257 e. The molecule has 5 fully saturated rings. The molecule has 4 amide bonds. The predicted octanol–water partition coefficient (Wildman–Crippen LogP) is 30.0. The zero-order valence-electron chi connectivity index (χ0n) is 86.2. The number of carbonyl (C=O) groups is 4. The lowest BCUT2D eigenvalue weighted by molar-refractivity contribution is 0.0941. The van der Waals surface area contributed by atoms with Crippen molar-refractivity contribution in [3.05, 3.63) is 363 Å². The molecule has 5 aliphatic rings. The Morgan fingerprint density at radius 1 is 0.362 bits per heavy atom. The van der Waals surface area contributed by atoms with Crippen LogP contribution in [-0.4, -0.2) is 136 Å². The van der Waals surface area contributed by atoms with E-state index in [-0.39, 0.29) is 23.6 Å². The summed E-state index contributed by atoms with van der Waals surface area (Å²) in [5.41, 5.74) is 15.0. The van der Waals surface area contributed by atoms with Gasteiger partial charge < -0.3 is 49.3 Å². The van der Waals surface area contributed by atoms with Crippen molar-refractivity contribution in [2.24, 2.45) is 17.8 Å². The van der Waals surface area contributed by atoms with Gasteiger partial charge in [0, 0.05) is 160 Å². The fraction of sp³-hybridized carbons (Fsp3) is 0.362. The van der Waals surface area contributed by atoms with Crippen LogP contribution in [0.4, 0.5) is 11.4 Å². The molecule has 0 spiro atoms. The highest BCUT2D eigenvalue weighted by molar-refractivity contribution is 7.19. The molecule has 1 aliphatic carbocycles. The van der Waals surface area contributed by atoms with Gasteiger partial charge in [0.2, 0.25) is 0 Å². The van der Waals surface area contributed by atoms with Crippen LogP contribution in [0.5, 0.6) is 0 Å². The molecule has 4 aliphatic heterocycles. The van der Waals surface area contributed by atoms with Crippen LogP contribution in [0.15, 0.2) is 310 Å². The third-order valence-electron chi connectivity index (χ3n) is 31.9. The van der Waals surface area contributed by atoms with Gasteiger partial charge in [0.15, 0.2) is 0 Å². The molecule has 11 heterocycles. The summed E-state index contributed by atoms with van der Waals surface area (Å²) >= 11 is 11.9. The molecule has 1 saturated carbocycles. The highest BCUT2D eigenvalue weighted by Crippen LogP contribution is 2.44. The second-order valence-electron chi connectivity index (χ2n) is 41.8. The number of thiazole rings is 3. The first kappa shape index (κ1) is 103. The molecular formula is C127H141ClN14O4S3. The smallest absolute Gasteiger partial charge is 0.257 e. The van der Waals surface area contributed by atoms with E-state index in [4.69, 9.17) is 26.6 Å². The lowest BCUT2D eigenvalue weighted by atomic mass is 9.80. The molecule has 2 bridgehead atoms. The van der Waals surface area contributed by atoms with Gasteiger partial charge in [-0.25, -0.2) is 15.0 Å². The number of nitrogens with zero attached hydrogens (tertiary/aromatic N) is 10. The summed E-state index contributed by atoms with van der Waals surface area (Å²) in [5, 5.41) is 21.1. The number of aryl methyl sites for hydroxylation is 5. The van der Waals surface area contributed by atoms with E-state index < -0.39 is 0 Å². The van der Waals surface area contributed by atoms with E-state index >= 15 is 0 Å². The van der Waals surface area contributed by atoms with Crippen molar-refractivity contribution >= 4 is 155 Å². The highest BCUT2D eigenvalue weighted by Gasteiger charge is 2.40. The number of aromatic nitrogens is 7. The van der Waals surface area contributed by atoms with Gasteiger partial charge in [0.25, 0.3) is 23.6 Å². The van der Waals surface area contributed by atoms with Crippen molar-refractivity contribution in [3.63, 3.8) is 0 Å². The van der Waals surface area contributed by atoms with E-state index in [0.29, 0.717) is 40.8 Å². The predicted molar refractivity (Wildman–Crippen MR) is 619 cm³/mol. The second kappa shape index (κ2) is 50.7. The maximum atomic E-state index is 13.2. The van der Waals surface area contributed by atoms with Gasteiger partial charge in [-0.2, -0.15) is 0 Å². The quantitative estimate of drug-likeness (QED) is 0.0295. The maximum absolute atomic E-state index is 13.2. The van der Waals surface area contributed by atoms with Crippen LogP contribution in [-0.2, 0) is 39.1 Å². The van der Waals surface area contributed by atoms with E-state index in [2.05, 4.69) is 238 Å². The Hall–Kier alpha value is -12.7. The molecule has 18 nitrogen and oxygen atoms in total. The van der Waals surface area contributed by atoms with Crippen LogP contribution in [0.3, 0.4) is 0 Å². The van der Waals surface area contributed by atoms with E-state index in [1.165, 1.54) is 150 Å². The van der Waals surface area contributed by atoms with Gasteiger partial charge in [-0.05, 0) is 288 Å². The highest BCUT2D eigenvalue weighted by atomic mass is 35.5. The lowest BCUT2D eigenvalue weighted by Crippen LogP contribution is -2.43. The lowest BCUT2D eigenvalue weighted by Gasteiger charge is -2.39. The Balaban J connectivity index is 0.000000120. The molecule has 23 rings (SSSR count). The second-order valence-corrected chi connectivity index (χ2v) is 45.3. The van der Waals surface area contributed by atoms with Crippen molar-refractivity contribution < 1.29 is 19.2 Å². The van der Waals surface area contributed by atoms with Crippen LogP contribution in [0, 0.1) is 17.8 Å². The van der Waals surface area contributed by atoms with Crippen molar-refractivity contribution in [1.29, 1.82) is 0 Å². The number of fused-ring (bicyclic) bond motifs is 9. The van der Waals surface area contributed by atoms with Crippen molar-refractivity contribution in [2.75, 3.05) is 63.0 Å². The van der Waals surface area contributed by atoms with Gasteiger partial charge in [0.1, 0.15) is 0 Å². The molecule has 7 aromatic heterocycles. The molecule has 4 saturated heterocycles. The summed E-state index contributed by atoms with van der Waals surface area (Å²) in [6.07, 6.45) is 36.3. The Bertz CT molecular complexity index is 7350. The normalized spacial score (nSPS) is 17.5. The number of para-hydroxylation sites is 9. The van der Waals surface area contributed by atoms with Gasteiger partial charge in [-0.15, -0.1) is 34.0 Å². The Morgan fingerprint density at radius 3 is 1.17 bits per heavy atom. The monoisotopic (exact) mass is 2060 g/mol. The zero-order valence-corrected chi connectivity index (χ0v) is 89.4. The molecule has 3 atom stereocenters. The third kappa shape index (κ3) is 26.1. The molecule has 3 unspecified atom stereocenters. The summed E-state index contributed by atoms with van der Waals surface area (Å²) < 4.78 is 13.0. The first-order chi connectivity index (χ1) is 73.3. The van der Waals surface area contributed by atoms with E-state index in [1.54, 1.807) is 0 Å². The number of nitrogens with one attached hydrogen (secondary N) is 4. The zero-order chi connectivity index (χ0) is 102. The summed E-state index contributed by atoms with van der Waals surface area (Å²) in [6.45, 7) is 17.1. The fourth-order valence-electron chi connectivity index (χ4n) is 23.7. The minimum atomic E-state index is -0.0724. The fourth-order valence-corrected chi connectivity index (χ4v) is 27.3. The molecule has 4 N–H and O–H groups in total. The number of halogens is 1. The van der Waals surface area contributed by atoms with Crippen molar-refractivity contribution in [2.45, 2.75) is 224 Å². The number of hydrogen-bond donors (Lipinski definition) is 4. The third-order valence-corrected chi connectivity index (χ3v) is 35.9. The van der Waals surface area contributed by atoms with Crippen molar-refractivity contribution in [3.8, 4) is 0 Å². The molecule has 18 aromatic rings. The van der Waals surface area contributed by atoms with Crippen LogP contribution in [0.1, 0.15) is 240 Å². The van der Waals surface area contributed by atoms with Crippen LogP contribution >= 0.6 is 45.6 Å². The van der Waals surface area contributed by atoms with Gasteiger partial charge in [-0.1, -0.05) is 239 Å². The summed E-state index contributed by atoms with van der Waals surface area (Å²) in [4.78, 5) is 75.1. The number of benzene rings is 11. The van der Waals surface area contributed by atoms with E-state index in [0.717, 1.165) is 228 Å². The minimum absolute atomic E-state index is 0.0447. The number of hydrogen-bond acceptors (Lipinski definition) is 13. The number of likely N-dealkylation sites (tertiary alicyclic amines) is 2. The average Bonchev–Trinajstić information content (AvgIpc) is 1.65.